The van der Waals surface area contributed by atoms with Crippen LogP contribution in [0.5, 0.6) is 0 Å². The van der Waals surface area contributed by atoms with E-state index < -0.39 is 11.8 Å². The van der Waals surface area contributed by atoms with E-state index in [4.69, 9.17) is 9.52 Å². The molecule has 0 aromatic carbocycles. The van der Waals surface area contributed by atoms with Gasteiger partial charge in [-0.1, -0.05) is 0 Å². The molecule has 0 saturated carbocycles. The van der Waals surface area contributed by atoms with Gasteiger partial charge in [-0.3, -0.25) is 9.48 Å². The van der Waals surface area contributed by atoms with Crippen LogP contribution in [0.25, 0.3) is 0 Å². The highest BCUT2D eigenvalue weighted by Gasteiger charge is 2.12. The SMILES string of the molecule is CC(=O)C(=CNc1ccn(Cc2ccco2)n1)C(=O)O. The van der Waals surface area contributed by atoms with Gasteiger partial charge in [0.2, 0.25) is 0 Å². The number of carboxylic acids is 1. The maximum absolute atomic E-state index is 11.1. The molecular formula is C13H13N3O4. The van der Waals surface area contributed by atoms with Gasteiger partial charge in [0.15, 0.2) is 11.6 Å². The lowest BCUT2D eigenvalue weighted by molar-refractivity contribution is -0.134. The van der Waals surface area contributed by atoms with E-state index in [0.29, 0.717) is 12.4 Å². The summed E-state index contributed by atoms with van der Waals surface area (Å²) in [5.41, 5.74) is -0.328. The average Bonchev–Trinajstić information content (AvgIpc) is 3.01. The number of carbonyl (C=O) groups is 2. The number of furan rings is 1. The van der Waals surface area contributed by atoms with Crippen molar-refractivity contribution in [3.05, 3.63) is 48.2 Å². The van der Waals surface area contributed by atoms with Crippen molar-refractivity contribution in [2.75, 3.05) is 5.32 Å². The maximum atomic E-state index is 11.1. The molecule has 0 aliphatic rings. The van der Waals surface area contributed by atoms with Gasteiger partial charge in [0.1, 0.15) is 11.3 Å². The smallest absolute Gasteiger partial charge is 0.340 e. The first-order chi connectivity index (χ1) is 9.56. The fourth-order valence-corrected chi connectivity index (χ4v) is 1.55. The third-order valence-corrected chi connectivity index (χ3v) is 2.51. The second-order valence-corrected chi connectivity index (χ2v) is 4.04. The Morgan fingerprint density at radius 3 is 2.90 bits per heavy atom. The molecule has 2 rings (SSSR count). The Morgan fingerprint density at radius 2 is 2.30 bits per heavy atom. The van der Waals surface area contributed by atoms with Gasteiger partial charge < -0.3 is 14.8 Å². The van der Waals surface area contributed by atoms with Gasteiger partial charge >= 0.3 is 5.97 Å². The number of hydrogen-bond donors (Lipinski definition) is 2. The van der Waals surface area contributed by atoms with E-state index in [1.807, 2.05) is 6.07 Å². The number of ketones is 1. The van der Waals surface area contributed by atoms with Crippen molar-refractivity contribution in [3.63, 3.8) is 0 Å². The number of carboxylic acid groups (broad SMARTS) is 1. The highest BCUT2D eigenvalue weighted by molar-refractivity contribution is 6.15. The Labute approximate surface area is 114 Å². The number of anilines is 1. The fraction of sp³-hybridized carbons (Fsp3) is 0.154. The summed E-state index contributed by atoms with van der Waals surface area (Å²) in [7, 11) is 0. The molecule has 0 amide bonds. The van der Waals surface area contributed by atoms with Crippen molar-refractivity contribution >= 4 is 17.6 Å². The molecule has 0 aliphatic carbocycles. The van der Waals surface area contributed by atoms with Crippen LogP contribution in [0, 0.1) is 0 Å². The number of aliphatic carboxylic acids is 1. The minimum atomic E-state index is -1.28. The maximum Gasteiger partial charge on any atom is 0.340 e. The lowest BCUT2D eigenvalue weighted by Crippen LogP contribution is -2.11. The summed E-state index contributed by atoms with van der Waals surface area (Å²) in [5.74, 6) is -0.609. The van der Waals surface area contributed by atoms with Crippen LogP contribution < -0.4 is 5.32 Å². The minimum absolute atomic E-state index is 0.328. The van der Waals surface area contributed by atoms with Crippen LogP contribution in [0.15, 0.2) is 46.8 Å². The predicted molar refractivity (Wildman–Crippen MR) is 70.1 cm³/mol. The molecule has 2 aromatic rings. The first-order valence-corrected chi connectivity index (χ1v) is 5.83. The predicted octanol–water partition coefficient (Wildman–Crippen LogP) is 1.49. The van der Waals surface area contributed by atoms with Gasteiger partial charge in [-0.15, -0.1) is 0 Å². The molecule has 0 atom stereocenters. The van der Waals surface area contributed by atoms with Crippen LogP contribution in [0.2, 0.25) is 0 Å². The zero-order valence-electron chi connectivity index (χ0n) is 10.7. The number of aromatic nitrogens is 2. The van der Waals surface area contributed by atoms with Crippen molar-refractivity contribution < 1.29 is 19.1 Å². The molecule has 0 saturated heterocycles. The van der Waals surface area contributed by atoms with Crippen LogP contribution >= 0.6 is 0 Å². The van der Waals surface area contributed by atoms with Gasteiger partial charge in [0.05, 0.1) is 12.8 Å². The van der Waals surface area contributed by atoms with Crippen LogP contribution in [0.3, 0.4) is 0 Å². The molecule has 2 aromatic heterocycles. The van der Waals surface area contributed by atoms with Crippen molar-refractivity contribution in [2.24, 2.45) is 0 Å². The molecule has 2 N–H and O–H groups in total. The van der Waals surface area contributed by atoms with E-state index in [9.17, 15) is 9.59 Å². The summed E-state index contributed by atoms with van der Waals surface area (Å²) in [6, 6.07) is 5.28. The third-order valence-electron chi connectivity index (χ3n) is 2.51. The normalized spacial score (nSPS) is 11.3. The summed E-state index contributed by atoms with van der Waals surface area (Å²) in [5, 5.41) is 15.7. The van der Waals surface area contributed by atoms with Crippen LogP contribution in [-0.2, 0) is 16.1 Å². The van der Waals surface area contributed by atoms with E-state index in [2.05, 4.69) is 10.4 Å². The molecule has 0 fully saturated rings. The molecule has 0 radical (unpaired) electrons. The van der Waals surface area contributed by atoms with Crippen molar-refractivity contribution in [1.29, 1.82) is 0 Å². The number of hydrogen-bond acceptors (Lipinski definition) is 5. The lowest BCUT2D eigenvalue weighted by atomic mass is 10.2. The second-order valence-electron chi connectivity index (χ2n) is 4.04. The first kappa shape index (κ1) is 13.6. The quantitative estimate of drug-likeness (QED) is 0.471. The molecule has 20 heavy (non-hydrogen) atoms. The molecule has 104 valence electrons. The Bertz CT molecular complexity index is 624. The highest BCUT2D eigenvalue weighted by Crippen LogP contribution is 2.08. The lowest BCUT2D eigenvalue weighted by Gasteiger charge is -1.99. The van der Waals surface area contributed by atoms with E-state index >= 15 is 0 Å². The van der Waals surface area contributed by atoms with Crippen LogP contribution in [0.1, 0.15) is 12.7 Å². The van der Waals surface area contributed by atoms with Gasteiger partial charge in [-0.05, 0) is 19.1 Å². The third kappa shape index (κ3) is 3.35. The summed E-state index contributed by atoms with van der Waals surface area (Å²) >= 11 is 0. The van der Waals surface area contributed by atoms with Crippen molar-refractivity contribution in [3.8, 4) is 0 Å². The Kier molecular flexibility index (Phi) is 3.99. The number of nitrogens with zero attached hydrogens (tertiary/aromatic N) is 2. The largest absolute Gasteiger partial charge is 0.478 e. The molecule has 0 spiro atoms. The van der Waals surface area contributed by atoms with E-state index in [-0.39, 0.29) is 5.57 Å². The Balaban J connectivity index is 2.04. The van der Waals surface area contributed by atoms with E-state index in [0.717, 1.165) is 12.0 Å². The number of carbonyl (C=O) groups excluding carboxylic acids is 1. The zero-order valence-corrected chi connectivity index (χ0v) is 10.7. The zero-order chi connectivity index (χ0) is 14.5. The van der Waals surface area contributed by atoms with Crippen molar-refractivity contribution in [1.82, 2.24) is 9.78 Å². The van der Waals surface area contributed by atoms with Gasteiger partial charge in [-0.2, -0.15) is 5.10 Å². The summed E-state index contributed by atoms with van der Waals surface area (Å²) in [4.78, 5) is 21.9. The molecule has 7 heteroatoms. The molecule has 0 aliphatic heterocycles. The molecule has 0 unspecified atom stereocenters. The van der Waals surface area contributed by atoms with E-state index in [1.54, 1.807) is 29.3 Å². The number of Topliss-reactive ketones (excluding diaryl/α,β-unsaturated/α-hetero) is 1. The second kappa shape index (κ2) is 5.87. The van der Waals surface area contributed by atoms with Crippen LogP contribution in [0.4, 0.5) is 5.82 Å². The van der Waals surface area contributed by atoms with E-state index in [1.165, 1.54) is 6.92 Å². The van der Waals surface area contributed by atoms with Gasteiger partial charge in [-0.25, -0.2) is 4.79 Å². The van der Waals surface area contributed by atoms with Gasteiger partial charge in [0, 0.05) is 18.5 Å². The molecular weight excluding hydrogens is 262 g/mol. The summed E-state index contributed by atoms with van der Waals surface area (Å²) in [6.45, 7) is 1.66. The fourth-order valence-electron chi connectivity index (χ4n) is 1.55. The van der Waals surface area contributed by atoms with Crippen LogP contribution in [-0.4, -0.2) is 26.6 Å². The van der Waals surface area contributed by atoms with Gasteiger partial charge in [0.25, 0.3) is 0 Å². The molecule has 0 bridgehead atoms. The minimum Gasteiger partial charge on any atom is -0.478 e. The molecule has 7 nitrogen and oxygen atoms in total. The summed E-state index contributed by atoms with van der Waals surface area (Å²) in [6.07, 6.45) is 4.42. The Morgan fingerprint density at radius 1 is 1.50 bits per heavy atom. The monoisotopic (exact) mass is 275 g/mol. The number of nitrogens with one attached hydrogen (secondary N) is 1. The highest BCUT2D eigenvalue weighted by atomic mass is 16.4. The summed E-state index contributed by atoms with van der Waals surface area (Å²) < 4.78 is 6.82. The topological polar surface area (TPSA) is 97.4 Å². The standard InChI is InChI=1S/C13H13N3O4/c1-9(17)11(13(18)19)7-14-12-4-5-16(15-12)8-10-3-2-6-20-10/h2-7H,8H2,1H3,(H,14,15)(H,18,19). The van der Waals surface area contributed by atoms with Crippen molar-refractivity contribution in [2.45, 2.75) is 13.5 Å². The first-order valence-electron chi connectivity index (χ1n) is 5.83. The number of rotatable bonds is 6. The average molecular weight is 275 g/mol. The molecule has 2 heterocycles. The Hall–Kier alpha value is -2.83.